The van der Waals surface area contributed by atoms with Crippen LogP contribution in [0.3, 0.4) is 0 Å². The van der Waals surface area contributed by atoms with Crippen molar-refractivity contribution in [2.24, 2.45) is 15.3 Å². The first-order valence-electron chi connectivity index (χ1n) is 25.1. The van der Waals surface area contributed by atoms with Crippen LogP contribution < -0.4 is 0 Å². The first kappa shape index (κ1) is 73.9. The fraction of sp³-hybridized carbons (Fsp3) is 0.483. The summed E-state index contributed by atoms with van der Waals surface area (Å²) in [7, 11) is 0. The number of benzene rings is 4. The van der Waals surface area contributed by atoms with Gasteiger partial charge in [0.1, 0.15) is 11.4 Å². The van der Waals surface area contributed by atoms with Gasteiger partial charge < -0.3 is 20.7 Å². The molecule has 0 aliphatic heterocycles. The van der Waals surface area contributed by atoms with E-state index in [0.29, 0.717) is 44.5 Å². The van der Waals surface area contributed by atoms with Gasteiger partial charge in [-0.25, -0.2) is 9.98 Å². The molecule has 0 atom stereocenters. The Morgan fingerprint density at radius 1 is 0.392 bits per heavy atom. The Kier molecular flexibility index (Phi) is 29.2. The molecule has 4 aromatic carbocycles. The van der Waals surface area contributed by atoms with Crippen LogP contribution in [0, 0.1) is 10.1 Å². The summed E-state index contributed by atoms with van der Waals surface area (Å²) in [5.74, 6) is -1.49. The Balaban J connectivity index is 0.00000143. The second-order valence-corrected chi connectivity index (χ2v) is 20.7. The van der Waals surface area contributed by atoms with Crippen molar-refractivity contribution in [2.45, 2.75) is 183 Å². The van der Waals surface area contributed by atoms with E-state index in [1.54, 1.807) is 184 Å². The molecular weight excluding hydrogens is 1150 g/mol. The fourth-order valence-electron chi connectivity index (χ4n) is 8.01. The van der Waals surface area contributed by atoms with Crippen molar-refractivity contribution >= 4 is 34.2 Å². The molecule has 0 aliphatic rings. The van der Waals surface area contributed by atoms with E-state index < -0.39 is 47.5 Å². The van der Waals surface area contributed by atoms with Crippen LogP contribution in [-0.4, -0.2) is 36.1 Å². The first-order chi connectivity index (χ1) is 35.3. The zero-order valence-corrected chi connectivity index (χ0v) is 48.8. The number of nitrogens with zero attached hydrogens (tertiary/aromatic N) is 5. The van der Waals surface area contributed by atoms with Gasteiger partial charge in [0.2, 0.25) is 0 Å². The van der Waals surface area contributed by atoms with Crippen LogP contribution in [0.2, 0.25) is 0 Å². The molecule has 0 fully saturated rings. The van der Waals surface area contributed by atoms with E-state index in [4.69, 9.17) is 10.1 Å². The average molecular weight is 1220 g/mol. The summed E-state index contributed by atoms with van der Waals surface area (Å²) < 4.78 is 170. The Bertz CT molecular complexity index is 2430. The van der Waals surface area contributed by atoms with Crippen molar-refractivity contribution in [3.8, 4) is 0 Å². The predicted octanol–water partition coefficient (Wildman–Crippen LogP) is 22.2. The van der Waals surface area contributed by atoms with Gasteiger partial charge in [-0.1, -0.05) is 217 Å². The molecule has 0 unspecified atom stereocenters. The molecule has 445 valence electrons. The number of hydrogen-bond donors (Lipinski definition) is 0. The third-order valence-electron chi connectivity index (χ3n) is 12.0. The summed E-state index contributed by atoms with van der Waals surface area (Å²) in [4.78, 5) is 15.7. The van der Waals surface area contributed by atoms with E-state index in [1.165, 1.54) is 0 Å². The van der Waals surface area contributed by atoms with Crippen molar-refractivity contribution in [1.29, 1.82) is 0 Å². The second kappa shape index (κ2) is 31.2. The van der Waals surface area contributed by atoms with Crippen LogP contribution in [0.15, 0.2) is 112 Å². The largest absolute Gasteiger partial charge is 2.00 e. The smallest absolute Gasteiger partial charge is 0.654 e. The number of alkyl halides is 12. The van der Waals surface area contributed by atoms with Crippen molar-refractivity contribution in [2.75, 3.05) is 0 Å². The van der Waals surface area contributed by atoms with Gasteiger partial charge >= 0.3 is 58.8 Å². The second-order valence-electron chi connectivity index (χ2n) is 20.7. The van der Waals surface area contributed by atoms with Crippen molar-refractivity contribution < 1.29 is 86.8 Å². The third kappa shape index (κ3) is 21.4. The summed E-state index contributed by atoms with van der Waals surface area (Å²) in [6, 6.07) is 20.1. The zero-order valence-electron chi connectivity index (χ0n) is 46.9. The van der Waals surface area contributed by atoms with E-state index in [9.17, 15) is 52.7 Å². The van der Waals surface area contributed by atoms with Gasteiger partial charge in [-0.3, -0.25) is 0 Å². The minimum atomic E-state index is -5.14. The number of rotatable bonds is 16. The minimum absolute atomic E-state index is 0. The Morgan fingerprint density at radius 2 is 0.570 bits per heavy atom. The average Bonchev–Trinajstić information content (AvgIpc) is 3.29. The number of aliphatic imine (C=N–C) groups is 2. The van der Waals surface area contributed by atoms with Gasteiger partial charge in [0.25, 0.3) is 0 Å². The van der Waals surface area contributed by atoms with Gasteiger partial charge in [-0.15, -0.1) is 16.7 Å². The number of hydrogen-bond acceptors (Lipinski definition) is 5. The number of allylic oxidation sites excluding steroid dienone is 4. The molecule has 0 N–H and O–H groups in total. The molecule has 4 aromatic rings. The molecule has 79 heavy (non-hydrogen) atoms. The van der Waals surface area contributed by atoms with E-state index in [2.05, 4.69) is 20.6 Å². The summed E-state index contributed by atoms with van der Waals surface area (Å²) >= 11 is 0. The van der Waals surface area contributed by atoms with Gasteiger partial charge in [0, 0.05) is 0 Å². The van der Waals surface area contributed by atoms with Crippen LogP contribution in [0.4, 0.5) is 75.4 Å². The molecule has 0 saturated heterocycles. The van der Waals surface area contributed by atoms with Crippen LogP contribution >= 0.6 is 0 Å². The monoisotopic (exact) mass is 1220 g/mol. The third-order valence-corrected chi connectivity index (χ3v) is 12.0. The van der Waals surface area contributed by atoms with Gasteiger partial charge in [-0.05, 0) is 81.7 Å². The molecule has 4 rings (SSSR count). The predicted molar refractivity (Wildman–Crippen MR) is 288 cm³/mol. The maximum Gasteiger partial charge on any atom is 2.00 e. The summed E-state index contributed by atoms with van der Waals surface area (Å²) in [6.07, 6.45) is -20.5. The molecule has 0 aliphatic carbocycles. The molecular formula is C58H70Cu2F12N5O2. The Morgan fingerprint density at radius 3 is 0.722 bits per heavy atom. The summed E-state index contributed by atoms with van der Waals surface area (Å²) in [5, 5.41) is 16.7. The molecule has 0 amide bonds. The quantitative estimate of drug-likeness (QED) is 0.0366. The molecule has 0 heterocycles. The van der Waals surface area contributed by atoms with E-state index >= 15 is 0 Å². The Labute approximate surface area is 478 Å². The zero-order chi connectivity index (χ0) is 59.3. The minimum Gasteiger partial charge on any atom is -0.654 e. The van der Waals surface area contributed by atoms with E-state index in [-0.39, 0.29) is 116 Å². The molecule has 21 heteroatoms. The normalized spacial score (nSPS) is 13.2. The molecule has 0 bridgehead atoms. The SMILES string of the molecule is CC(C)c1cccc(C(C)C)c1N=C(/C=C(\[N-]c1c(C(C)C)cccc1C(C)C)C(F)(F)F)C(F)(F)F.CC(C)c1cccc(C(C)C)c1N=C(/C=C(\[N-]c1c(C(C)C)cccc1C(C)C)C(F)(F)F)C(F)(F)F.O=N[O-].[Cu+2].[Cu+]. The topological polar surface area (TPSA) is 105 Å². The van der Waals surface area contributed by atoms with Gasteiger partial charge in [-0.2, -0.15) is 52.7 Å². The molecule has 1 radical (unpaired) electrons. The van der Waals surface area contributed by atoms with Crippen molar-refractivity contribution in [3.63, 3.8) is 0 Å². The van der Waals surface area contributed by atoms with Crippen LogP contribution in [0.25, 0.3) is 10.6 Å². The number of halogens is 12. The molecule has 7 nitrogen and oxygen atoms in total. The molecule has 0 spiro atoms. The number of para-hydroxylation sites is 4. The summed E-state index contributed by atoms with van der Waals surface area (Å²) in [5.41, 5.74) is -2.19. The Hall–Kier alpha value is -5.10. The standard InChI is InChI=1S/2C29H35F6N2.2Cu.HNO2/c2*1-16(2)20-11-9-12-21(17(3)4)26(20)36-24(28(30,31)32)15-25(29(33,34)35)37-27-22(18(5)6)13-10-14-23(27)19(7)8;;;2-1-3/h2*9-19H,1-8H3;;;(H,2,3)/q2*-1;+1;+2;/p-1/b2*24-15-,37-25?;;;. The van der Waals surface area contributed by atoms with Crippen LogP contribution in [-0.2, 0) is 34.1 Å². The van der Waals surface area contributed by atoms with Gasteiger partial charge in [0.15, 0.2) is 0 Å². The fourth-order valence-corrected chi connectivity index (χ4v) is 8.01. The van der Waals surface area contributed by atoms with Crippen LogP contribution in [0.1, 0.15) is 203 Å². The molecule has 0 saturated carbocycles. The van der Waals surface area contributed by atoms with Gasteiger partial charge in [0.05, 0.1) is 11.4 Å². The summed E-state index contributed by atoms with van der Waals surface area (Å²) in [6.45, 7) is 28.8. The molecule has 0 aromatic heterocycles. The van der Waals surface area contributed by atoms with Crippen molar-refractivity contribution in [1.82, 2.24) is 0 Å². The maximum absolute atomic E-state index is 14.2. The van der Waals surface area contributed by atoms with E-state index in [1.807, 2.05) is 0 Å². The van der Waals surface area contributed by atoms with Crippen molar-refractivity contribution in [3.05, 3.63) is 162 Å². The first-order valence-corrected chi connectivity index (χ1v) is 25.1. The van der Waals surface area contributed by atoms with E-state index in [0.717, 1.165) is 5.34 Å². The van der Waals surface area contributed by atoms with Crippen LogP contribution in [0.5, 0.6) is 0 Å². The maximum atomic E-state index is 14.2.